The molecule has 0 aliphatic rings. The maximum Gasteiger partial charge on any atom is 0.253 e. The molecule has 0 fully saturated rings. The van der Waals surface area contributed by atoms with Crippen molar-refractivity contribution < 1.29 is 4.74 Å². The van der Waals surface area contributed by atoms with Crippen molar-refractivity contribution >= 4 is 11.4 Å². The zero-order valence-corrected chi connectivity index (χ0v) is 13.1. The Morgan fingerprint density at radius 2 is 2.09 bits per heavy atom. The normalized spacial score (nSPS) is 10.5. The SMILES string of the molecule is C=C(COC)Nc1cc(-c2cc(C)c(=O)n(C)c2)ccc1N. The van der Waals surface area contributed by atoms with E-state index in [9.17, 15) is 4.79 Å². The fourth-order valence-corrected chi connectivity index (χ4v) is 2.28. The van der Waals surface area contributed by atoms with E-state index in [-0.39, 0.29) is 5.56 Å². The van der Waals surface area contributed by atoms with Gasteiger partial charge in [-0.05, 0) is 36.2 Å². The molecule has 0 bridgehead atoms. The first-order chi connectivity index (χ1) is 10.4. The summed E-state index contributed by atoms with van der Waals surface area (Å²) in [5.74, 6) is 0. The van der Waals surface area contributed by atoms with Crippen LogP contribution in [0.2, 0.25) is 0 Å². The third-order valence-electron chi connectivity index (χ3n) is 3.38. The highest BCUT2D eigenvalue weighted by molar-refractivity contribution is 5.77. The summed E-state index contributed by atoms with van der Waals surface area (Å²) < 4.78 is 6.62. The van der Waals surface area contributed by atoms with Gasteiger partial charge in [0.25, 0.3) is 5.56 Å². The lowest BCUT2D eigenvalue weighted by Crippen LogP contribution is -2.18. The molecule has 1 aromatic heterocycles. The number of ether oxygens (including phenoxy) is 1. The molecule has 0 spiro atoms. The molecule has 0 radical (unpaired) electrons. The minimum atomic E-state index is 0.00557. The number of hydrogen-bond acceptors (Lipinski definition) is 4. The summed E-state index contributed by atoms with van der Waals surface area (Å²) in [6.45, 7) is 6.10. The lowest BCUT2D eigenvalue weighted by Gasteiger charge is -2.13. The molecule has 0 unspecified atom stereocenters. The number of benzene rings is 1. The minimum Gasteiger partial charge on any atom is -0.397 e. The fourth-order valence-electron chi connectivity index (χ4n) is 2.28. The molecule has 5 heteroatoms. The Hall–Kier alpha value is -2.53. The quantitative estimate of drug-likeness (QED) is 0.832. The van der Waals surface area contributed by atoms with Crippen molar-refractivity contribution in [3.63, 3.8) is 0 Å². The highest BCUT2D eigenvalue weighted by atomic mass is 16.5. The Bertz CT molecular complexity index is 737. The van der Waals surface area contributed by atoms with Gasteiger partial charge in [0.15, 0.2) is 0 Å². The number of anilines is 2. The van der Waals surface area contributed by atoms with Crippen LogP contribution in [0.15, 0.2) is 47.5 Å². The minimum absolute atomic E-state index is 0.00557. The molecular weight excluding hydrogens is 278 g/mol. The summed E-state index contributed by atoms with van der Waals surface area (Å²) in [6.07, 6.45) is 1.81. The van der Waals surface area contributed by atoms with E-state index in [2.05, 4.69) is 11.9 Å². The highest BCUT2D eigenvalue weighted by Gasteiger charge is 2.07. The maximum atomic E-state index is 11.8. The first-order valence-electron chi connectivity index (χ1n) is 6.93. The largest absolute Gasteiger partial charge is 0.397 e. The second kappa shape index (κ2) is 6.49. The van der Waals surface area contributed by atoms with Gasteiger partial charge in [-0.2, -0.15) is 0 Å². The summed E-state index contributed by atoms with van der Waals surface area (Å²) in [5.41, 5.74) is 10.8. The summed E-state index contributed by atoms with van der Waals surface area (Å²) in [6, 6.07) is 7.58. The number of pyridine rings is 1. The molecule has 2 rings (SSSR count). The average molecular weight is 299 g/mol. The van der Waals surface area contributed by atoms with E-state index in [0.717, 1.165) is 22.5 Å². The van der Waals surface area contributed by atoms with E-state index in [0.29, 0.717) is 17.9 Å². The molecule has 0 amide bonds. The molecule has 2 aromatic rings. The van der Waals surface area contributed by atoms with Gasteiger partial charge in [-0.25, -0.2) is 0 Å². The molecule has 0 aliphatic carbocycles. The van der Waals surface area contributed by atoms with Gasteiger partial charge in [0.2, 0.25) is 0 Å². The standard InChI is InChI=1S/C17H21N3O2/c1-11-7-14(9-20(3)17(11)21)13-5-6-15(18)16(8-13)19-12(2)10-22-4/h5-9,19H,2,10,18H2,1,3-4H3. The zero-order valence-electron chi connectivity index (χ0n) is 13.1. The molecule has 1 heterocycles. The number of nitrogens with zero attached hydrogens (tertiary/aromatic N) is 1. The van der Waals surface area contributed by atoms with Crippen LogP contribution in [0, 0.1) is 6.92 Å². The van der Waals surface area contributed by atoms with E-state index >= 15 is 0 Å². The average Bonchev–Trinajstić information content (AvgIpc) is 2.47. The van der Waals surface area contributed by atoms with E-state index in [4.69, 9.17) is 10.5 Å². The molecule has 0 saturated heterocycles. The van der Waals surface area contributed by atoms with Crippen molar-refractivity contribution in [2.45, 2.75) is 6.92 Å². The summed E-state index contributed by atoms with van der Waals surface area (Å²) in [5, 5.41) is 3.15. The number of aromatic nitrogens is 1. The number of rotatable bonds is 5. The van der Waals surface area contributed by atoms with Crippen molar-refractivity contribution in [2.24, 2.45) is 7.05 Å². The summed E-state index contributed by atoms with van der Waals surface area (Å²) >= 11 is 0. The summed E-state index contributed by atoms with van der Waals surface area (Å²) in [7, 11) is 3.36. The monoisotopic (exact) mass is 299 g/mol. The van der Waals surface area contributed by atoms with Gasteiger partial charge < -0.3 is 20.4 Å². The maximum absolute atomic E-state index is 11.8. The van der Waals surface area contributed by atoms with Crippen LogP contribution in [0.4, 0.5) is 11.4 Å². The van der Waals surface area contributed by atoms with E-state index in [1.54, 1.807) is 18.7 Å². The van der Waals surface area contributed by atoms with Crippen molar-refractivity contribution in [3.05, 3.63) is 58.7 Å². The molecule has 0 saturated carbocycles. The second-order valence-corrected chi connectivity index (χ2v) is 5.29. The van der Waals surface area contributed by atoms with E-state index in [1.807, 2.05) is 37.4 Å². The van der Waals surface area contributed by atoms with Gasteiger partial charge in [-0.1, -0.05) is 12.6 Å². The topological polar surface area (TPSA) is 69.3 Å². The van der Waals surface area contributed by atoms with Crippen molar-refractivity contribution in [1.82, 2.24) is 4.57 Å². The number of nitrogen functional groups attached to an aromatic ring is 1. The lowest BCUT2D eigenvalue weighted by atomic mass is 10.0. The van der Waals surface area contributed by atoms with Crippen LogP contribution in [0.3, 0.4) is 0 Å². The van der Waals surface area contributed by atoms with Crippen LogP contribution in [0.1, 0.15) is 5.56 Å². The number of aryl methyl sites for hydroxylation is 2. The molecule has 3 N–H and O–H groups in total. The van der Waals surface area contributed by atoms with Gasteiger partial charge in [0.1, 0.15) is 0 Å². The van der Waals surface area contributed by atoms with Crippen LogP contribution < -0.4 is 16.6 Å². The Kier molecular flexibility index (Phi) is 4.68. The fraction of sp³-hybridized carbons (Fsp3) is 0.235. The first kappa shape index (κ1) is 15.9. The third kappa shape index (κ3) is 3.38. The van der Waals surface area contributed by atoms with Crippen molar-refractivity contribution in [3.8, 4) is 11.1 Å². The predicted molar refractivity (Wildman–Crippen MR) is 90.9 cm³/mol. The number of methoxy groups -OCH3 is 1. The van der Waals surface area contributed by atoms with Crippen LogP contribution in [0.25, 0.3) is 11.1 Å². The second-order valence-electron chi connectivity index (χ2n) is 5.29. The molecule has 5 nitrogen and oxygen atoms in total. The Morgan fingerprint density at radius 3 is 2.73 bits per heavy atom. The number of hydrogen-bond donors (Lipinski definition) is 2. The summed E-state index contributed by atoms with van der Waals surface area (Å²) in [4.78, 5) is 11.8. The molecule has 0 atom stereocenters. The van der Waals surface area contributed by atoms with Crippen LogP contribution in [-0.2, 0) is 11.8 Å². The molecule has 1 aromatic carbocycles. The Labute approximate surface area is 130 Å². The van der Waals surface area contributed by atoms with Gasteiger partial charge in [-0.15, -0.1) is 0 Å². The lowest BCUT2D eigenvalue weighted by molar-refractivity contribution is 0.227. The van der Waals surface area contributed by atoms with Gasteiger partial charge in [0, 0.05) is 31.6 Å². The van der Waals surface area contributed by atoms with Crippen LogP contribution in [-0.4, -0.2) is 18.3 Å². The number of nitrogens with two attached hydrogens (primary N) is 1. The Morgan fingerprint density at radius 1 is 1.36 bits per heavy atom. The molecule has 22 heavy (non-hydrogen) atoms. The third-order valence-corrected chi connectivity index (χ3v) is 3.38. The first-order valence-corrected chi connectivity index (χ1v) is 6.93. The molecular formula is C17H21N3O2. The predicted octanol–water partition coefficient (Wildman–Crippen LogP) is 2.51. The van der Waals surface area contributed by atoms with Crippen LogP contribution >= 0.6 is 0 Å². The number of nitrogens with one attached hydrogen (secondary N) is 1. The Balaban J connectivity index is 2.41. The zero-order chi connectivity index (χ0) is 16.3. The smallest absolute Gasteiger partial charge is 0.253 e. The van der Waals surface area contributed by atoms with Gasteiger partial charge in [0.05, 0.1) is 18.0 Å². The molecule has 0 aliphatic heterocycles. The van der Waals surface area contributed by atoms with Gasteiger partial charge >= 0.3 is 0 Å². The van der Waals surface area contributed by atoms with Crippen molar-refractivity contribution in [2.75, 3.05) is 24.8 Å². The van der Waals surface area contributed by atoms with Crippen LogP contribution in [0.5, 0.6) is 0 Å². The van der Waals surface area contributed by atoms with E-state index < -0.39 is 0 Å². The van der Waals surface area contributed by atoms with Gasteiger partial charge in [-0.3, -0.25) is 4.79 Å². The van der Waals surface area contributed by atoms with Crippen molar-refractivity contribution in [1.29, 1.82) is 0 Å². The highest BCUT2D eigenvalue weighted by Crippen LogP contribution is 2.28. The van der Waals surface area contributed by atoms with E-state index in [1.165, 1.54) is 0 Å². The molecule has 116 valence electrons.